The van der Waals surface area contributed by atoms with Crippen LogP contribution in [0.25, 0.3) is 0 Å². The molecular formula is C31H40FN3O4. The quantitative estimate of drug-likeness (QED) is 0.292. The van der Waals surface area contributed by atoms with Crippen molar-refractivity contribution in [1.29, 1.82) is 0 Å². The Hall–Kier alpha value is -3.39. The van der Waals surface area contributed by atoms with E-state index in [4.69, 9.17) is 10.1 Å². The summed E-state index contributed by atoms with van der Waals surface area (Å²) in [5.74, 6) is -0.522. The van der Waals surface area contributed by atoms with Crippen LogP contribution in [0.4, 0.5) is 4.39 Å². The minimum atomic E-state index is -0.963. The molecule has 0 unspecified atom stereocenters. The molecule has 0 atom stereocenters. The van der Waals surface area contributed by atoms with Crippen molar-refractivity contribution in [1.82, 2.24) is 10.6 Å². The van der Waals surface area contributed by atoms with Crippen molar-refractivity contribution in [3.63, 3.8) is 0 Å². The Morgan fingerprint density at radius 1 is 1.00 bits per heavy atom. The van der Waals surface area contributed by atoms with Gasteiger partial charge in [-0.2, -0.15) is 0 Å². The first-order chi connectivity index (χ1) is 18.6. The Labute approximate surface area is 230 Å². The fourth-order valence-corrected chi connectivity index (χ4v) is 4.99. The smallest absolute Gasteiger partial charge is 0.305 e. The summed E-state index contributed by atoms with van der Waals surface area (Å²) in [5, 5.41) is 15.0. The van der Waals surface area contributed by atoms with E-state index in [1.165, 1.54) is 12.1 Å². The van der Waals surface area contributed by atoms with Gasteiger partial charge in [-0.15, -0.1) is 0 Å². The molecule has 1 amide bonds. The third-order valence-corrected chi connectivity index (χ3v) is 7.45. The van der Waals surface area contributed by atoms with Gasteiger partial charge >= 0.3 is 5.97 Å². The zero-order valence-electron chi connectivity index (χ0n) is 23.1. The highest BCUT2D eigenvalue weighted by Gasteiger charge is 2.36. The molecule has 2 aromatic rings. The van der Waals surface area contributed by atoms with E-state index in [0.29, 0.717) is 48.1 Å². The Balaban J connectivity index is 1.83. The van der Waals surface area contributed by atoms with E-state index in [-0.39, 0.29) is 30.5 Å². The number of aliphatic carboxylic acids is 1. The molecule has 1 fully saturated rings. The summed E-state index contributed by atoms with van der Waals surface area (Å²) in [4.78, 5) is 41.2. The second-order valence-corrected chi connectivity index (χ2v) is 10.7. The normalized spacial score (nSPS) is 19.6. The molecule has 0 radical (unpaired) electrons. The topological polar surface area (TPSA) is 108 Å². The lowest BCUT2D eigenvalue weighted by atomic mass is 9.76. The van der Waals surface area contributed by atoms with Gasteiger partial charge < -0.3 is 10.4 Å². The summed E-state index contributed by atoms with van der Waals surface area (Å²) in [6.45, 7) is 7.00. The van der Waals surface area contributed by atoms with Crippen molar-refractivity contribution in [3.05, 3.63) is 71.0 Å². The standard InChI is InChI=1S/C31H40FN3O4/c1-4-5-27(36)29(24-10-12-26(32)13-11-24)35-31(17-14-23(15-18-31)21(2)3)34-20-22-6-8-25(9-7-22)30(39)33-19-16-28(37)38/h6-13,21,23,34H,4-5,14-20H2,1-3H3,(H,33,39)(H,37,38)/b35-29-. The van der Waals surface area contributed by atoms with Crippen LogP contribution in [0.2, 0.25) is 0 Å². The number of carboxylic acid groups (broad SMARTS) is 1. The number of Topliss-reactive ketones (excluding diaryl/α,β-unsaturated/α-hetero) is 1. The second kappa shape index (κ2) is 14.1. The summed E-state index contributed by atoms with van der Waals surface area (Å²) in [6, 6.07) is 13.1. The molecule has 0 saturated heterocycles. The predicted octanol–water partition coefficient (Wildman–Crippen LogP) is 5.52. The molecule has 0 spiro atoms. The number of nitrogens with zero attached hydrogens (tertiary/aromatic N) is 1. The molecule has 1 aliphatic rings. The van der Waals surface area contributed by atoms with E-state index < -0.39 is 11.6 Å². The van der Waals surface area contributed by atoms with Crippen LogP contribution < -0.4 is 10.6 Å². The van der Waals surface area contributed by atoms with Gasteiger partial charge in [0.25, 0.3) is 5.91 Å². The first-order valence-corrected chi connectivity index (χ1v) is 13.9. The van der Waals surface area contributed by atoms with Gasteiger partial charge in [0.05, 0.1) is 6.42 Å². The number of benzene rings is 2. The molecule has 2 aromatic carbocycles. The lowest BCUT2D eigenvalue weighted by Gasteiger charge is -2.40. The lowest BCUT2D eigenvalue weighted by molar-refractivity contribution is -0.136. The first kappa shape index (κ1) is 30.2. The number of rotatable bonds is 13. The lowest BCUT2D eigenvalue weighted by Crippen LogP contribution is -2.47. The number of ketones is 1. The highest BCUT2D eigenvalue weighted by molar-refractivity contribution is 6.46. The van der Waals surface area contributed by atoms with Gasteiger partial charge in [-0.25, -0.2) is 4.39 Å². The number of aliphatic imine (C=N–C) groups is 1. The maximum absolute atomic E-state index is 13.6. The van der Waals surface area contributed by atoms with Crippen molar-refractivity contribution < 1.29 is 23.9 Å². The largest absolute Gasteiger partial charge is 0.481 e. The van der Waals surface area contributed by atoms with E-state index in [1.54, 1.807) is 24.3 Å². The van der Waals surface area contributed by atoms with Crippen molar-refractivity contribution in [2.75, 3.05) is 6.54 Å². The van der Waals surface area contributed by atoms with Crippen LogP contribution in [0.1, 0.15) is 87.2 Å². The molecule has 3 N–H and O–H groups in total. The third-order valence-electron chi connectivity index (χ3n) is 7.45. The Bertz CT molecular complexity index is 1150. The van der Waals surface area contributed by atoms with Gasteiger partial charge in [-0.3, -0.25) is 24.7 Å². The number of hydrogen-bond donors (Lipinski definition) is 3. The minimum absolute atomic E-state index is 0.0467. The monoisotopic (exact) mass is 537 g/mol. The number of amides is 1. The Morgan fingerprint density at radius 2 is 1.62 bits per heavy atom. The third kappa shape index (κ3) is 8.82. The van der Waals surface area contributed by atoms with Crippen LogP contribution in [0, 0.1) is 17.7 Å². The van der Waals surface area contributed by atoms with Crippen LogP contribution in [0.5, 0.6) is 0 Å². The maximum Gasteiger partial charge on any atom is 0.305 e. The summed E-state index contributed by atoms with van der Waals surface area (Å²) in [5.41, 5.74) is 1.80. The average Bonchev–Trinajstić information content (AvgIpc) is 2.91. The highest BCUT2D eigenvalue weighted by Crippen LogP contribution is 2.37. The number of carbonyl (C=O) groups is 3. The Kier molecular flexibility index (Phi) is 10.9. The fraction of sp³-hybridized carbons (Fsp3) is 0.484. The van der Waals surface area contributed by atoms with E-state index in [9.17, 15) is 18.8 Å². The van der Waals surface area contributed by atoms with E-state index in [1.807, 2.05) is 19.1 Å². The number of carboxylic acids is 1. The van der Waals surface area contributed by atoms with E-state index >= 15 is 0 Å². The van der Waals surface area contributed by atoms with Gasteiger partial charge in [0.1, 0.15) is 17.2 Å². The SMILES string of the molecule is CCCC(=O)/C(=N\C1(NCc2ccc(C(=O)NCCC(=O)O)cc2)CCC(C(C)C)CC1)c1ccc(F)cc1. The van der Waals surface area contributed by atoms with Crippen molar-refractivity contribution in [2.45, 2.75) is 77.9 Å². The van der Waals surface area contributed by atoms with Gasteiger partial charge in [-0.1, -0.05) is 32.9 Å². The molecular weight excluding hydrogens is 497 g/mol. The van der Waals surface area contributed by atoms with Crippen LogP contribution >= 0.6 is 0 Å². The molecule has 3 rings (SSSR count). The molecule has 7 nitrogen and oxygen atoms in total. The molecule has 1 aliphatic carbocycles. The van der Waals surface area contributed by atoms with Crippen molar-refractivity contribution in [2.24, 2.45) is 16.8 Å². The second-order valence-electron chi connectivity index (χ2n) is 10.7. The van der Waals surface area contributed by atoms with Crippen molar-refractivity contribution >= 4 is 23.4 Å². The summed E-state index contributed by atoms with van der Waals surface area (Å²) in [7, 11) is 0. The van der Waals surface area contributed by atoms with Gasteiger partial charge in [0, 0.05) is 30.6 Å². The van der Waals surface area contributed by atoms with E-state index in [0.717, 1.165) is 31.2 Å². The van der Waals surface area contributed by atoms with Crippen LogP contribution in [-0.4, -0.2) is 40.7 Å². The predicted molar refractivity (Wildman–Crippen MR) is 150 cm³/mol. The number of hydrogen-bond acceptors (Lipinski definition) is 5. The van der Waals surface area contributed by atoms with Crippen LogP contribution in [-0.2, 0) is 16.1 Å². The van der Waals surface area contributed by atoms with E-state index in [2.05, 4.69) is 24.5 Å². The van der Waals surface area contributed by atoms with Gasteiger partial charge in [0.15, 0.2) is 5.78 Å². The molecule has 39 heavy (non-hydrogen) atoms. The van der Waals surface area contributed by atoms with Crippen molar-refractivity contribution in [3.8, 4) is 0 Å². The van der Waals surface area contributed by atoms with Gasteiger partial charge in [-0.05, 0) is 85.9 Å². The van der Waals surface area contributed by atoms with Crippen LogP contribution in [0.3, 0.4) is 0 Å². The minimum Gasteiger partial charge on any atom is -0.481 e. The fourth-order valence-electron chi connectivity index (χ4n) is 4.99. The molecule has 0 bridgehead atoms. The summed E-state index contributed by atoms with van der Waals surface area (Å²) in [6.07, 6.45) is 4.48. The molecule has 0 heterocycles. The maximum atomic E-state index is 13.6. The summed E-state index contributed by atoms with van der Waals surface area (Å²) >= 11 is 0. The average molecular weight is 538 g/mol. The number of halogens is 1. The molecule has 210 valence electrons. The van der Waals surface area contributed by atoms with Gasteiger partial charge in [0.2, 0.25) is 0 Å². The summed E-state index contributed by atoms with van der Waals surface area (Å²) < 4.78 is 13.6. The zero-order valence-corrected chi connectivity index (χ0v) is 23.1. The molecule has 8 heteroatoms. The first-order valence-electron chi connectivity index (χ1n) is 13.9. The highest BCUT2D eigenvalue weighted by atomic mass is 19.1. The zero-order chi connectivity index (χ0) is 28.4. The van der Waals surface area contributed by atoms with Crippen LogP contribution in [0.15, 0.2) is 53.5 Å². The number of nitrogens with one attached hydrogen (secondary N) is 2. The Morgan fingerprint density at radius 3 is 2.18 bits per heavy atom. The molecule has 0 aliphatic heterocycles. The number of carbonyl (C=O) groups excluding carboxylic acids is 2. The molecule has 0 aromatic heterocycles. The molecule has 1 saturated carbocycles.